The molecule has 0 saturated heterocycles. The lowest BCUT2D eigenvalue weighted by atomic mass is 10.2. The van der Waals surface area contributed by atoms with Crippen LogP contribution in [0, 0.1) is 17.1 Å². The molecule has 1 aromatic heterocycles. The van der Waals surface area contributed by atoms with Crippen LogP contribution >= 0.6 is 11.6 Å². The first-order valence-corrected chi connectivity index (χ1v) is 5.08. The number of rotatable bonds is 1. The maximum atomic E-state index is 13.0. The average Bonchev–Trinajstić information content (AvgIpc) is 2.29. The standard InChI is InChI=1S/C12H6ClFN2O/c13-11-4-5-16(12(17)10(11)7-15)9-3-1-2-8(14)6-9/h1-6H. The molecule has 1 heterocycles. The van der Waals surface area contributed by atoms with E-state index < -0.39 is 11.4 Å². The van der Waals surface area contributed by atoms with Crippen LogP contribution in [0.2, 0.25) is 5.02 Å². The summed E-state index contributed by atoms with van der Waals surface area (Å²) in [5.74, 6) is -0.456. The molecule has 84 valence electrons. The SMILES string of the molecule is N#Cc1c(Cl)ccn(-c2cccc(F)c2)c1=O. The molecule has 0 aliphatic rings. The molecule has 1 aromatic carbocycles. The molecule has 2 rings (SSSR count). The Morgan fingerprint density at radius 1 is 1.35 bits per heavy atom. The van der Waals surface area contributed by atoms with Crippen molar-refractivity contribution in [2.75, 3.05) is 0 Å². The lowest BCUT2D eigenvalue weighted by Crippen LogP contribution is -2.20. The minimum atomic E-state index is -0.564. The molecule has 0 amide bonds. The molecule has 0 aliphatic carbocycles. The van der Waals surface area contributed by atoms with E-state index in [1.807, 2.05) is 0 Å². The molecule has 0 spiro atoms. The van der Waals surface area contributed by atoms with Crippen molar-refractivity contribution in [2.45, 2.75) is 0 Å². The lowest BCUT2D eigenvalue weighted by molar-refractivity contribution is 0.626. The molecule has 0 aliphatic heterocycles. The van der Waals surface area contributed by atoms with Crippen molar-refractivity contribution in [3.8, 4) is 11.8 Å². The molecule has 0 bridgehead atoms. The number of hydrogen-bond donors (Lipinski definition) is 0. The Labute approximate surface area is 101 Å². The summed E-state index contributed by atoms with van der Waals surface area (Å²) in [7, 11) is 0. The zero-order valence-corrected chi connectivity index (χ0v) is 9.28. The van der Waals surface area contributed by atoms with E-state index in [0.29, 0.717) is 5.69 Å². The van der Waals surface area contributed by atoms with Gasteiger partial charge in [-0.25, -0.2) is 4.39 Å². The summed E-state index contributed by atoms with van der Waals surface area (Å²) < 4.78 is 14.2. The van der Waals surface area contributed by atoms with Gasteiger partial charge in [0.25, 0.3) is 5.56 Å². The second-order valence-corrected chi connectivity index (χ2v) is 3.71. The summed E-state index contributed by atoms with van der Waals surface area (Å²) in [4.78, 5) is 11.9. The molecular formula is C12H6ClFN2O. The van der Waals surface area contributed by atoms with Crippen molar-refractivity contribution in [1.29, 1.82) is 5.26 Å². The van der Waals surface area contributed by atoms with Gasteiger partial charge in [0, 0.05) is 6.20 Å². The minimum Gasteiger partial charge on any atom is -0.283 e. The fourth-order valence-corrected chi connectivity index (χ4v) is 1.62. The van der Waals surface area contributed by atoms with Crippen LogP contribution in [-0.4, -0.2) is 4.57 Å². The summed E-state index contributed by atoms with van der Waals surface area (Å²) in [6, 6.07) is 8.68. The van der Waals surface area contributed by atoms with Gasteiger partial charge in [-0.15, -0.1) is 0 Å². The van der Waals surface area contributed by atoms with Crippen molar-refractivity contribution in [3.05, 3.63) is 63.3 Å². The van der Waals surface area contributed by atoms with E-state index in [4.69, 9.17) is 16.9 Å². The molecule has 0 radical (unpaired) electrons. The van der Waals surface area contributed by atoms with Crippen molar-refractivity contribution >= 4 is 11.6 Å². The van der Waals surface area contributed by atoms with Crippen LogP contribution in [0.25, 0.3) is 5.69 Å². The Hall–Kier alpha value is -2.12. The first-order valence-electron chi connectivity index (χ1n) is 4.70. The fourth-order valence-electron chi connectivity index (χ4n) is 1.44. The predicted molar refractivity (Wildman–Crippen MR) is 61.7 cm³/mol. The third-order valence-corrected chi connectivity index (χ3v) is 2.55. The molecule has 0 saturated carbocycles. The van der Waals surface area contributed by atoms with E-state index in [0.717, 1.165) is 0 Å². The van der Waals surface area contributed by atoms with Crippen LogP contribution in [0.4, 0.5) is 4.39 Å². The van der Waals surface area contributed by atoms with E-state index in [9.17, 15) is 9.18 Å². The second-order valence-electron chi connectivity index (χ2n) is 3.31. The first kappa shape index (κ1) is 11.4. The highest BCUT2D eigenvalue weighted by Gasteiger charge is 2.09. The summed E-state index contributed by atoms with van der Waals surface area (Å²) in [6.45, 7) is 0. The highest BCUT2D eigenvalue weighted by Crippen LogP contribution is 2.13. The number of benzene rings is 1. The van der Waals surface area contributed by atoms with Gasteiger partial charge in [0.2, 0.25) is 0 Å². The van der Waals surface area contributed by atoms with Crippen LogP contribution in [0.1, 0.15) is 5.56 Å². The third kappa shape index (κ3) is 2.05. The smallest absolute Gasteiger partial charge is 0.274 e. The van der Waals surface area contributed by atoms with Gasteiger partial charge in [-0.3, -0.25) is 9.36 Å². The van der Waals surface area contributed by atoms with Gasteiger partial charge in [0.1, 0.15) is 17.4 Å². The summed E-state index contributed by atoms with van der Waals surface area (Å²) in [6.07, 6.45) is 1.40. The van der Waals surface area contributed by atoms with Gasteiger partial charge < -0.3 is 0 Å². The van der Waals surface area contributed by atoms with Gasteiger partial charge in [-0.2, -0.15) is 5.26 Å². The number of aromatic nitrogens is 1. The number of pyridine rings is 1. The zero-order chi connectivity index (χ0) is 12.4. The topological polar surface area (TPSA) is 45.8 Å². The van der Waals surface area contributed by atoms with Gasteiger partial charge >= 0.3 is 0 Å². The fraction of sp³-hybridized carbons (Fsp3) is 0. The van der Waals surface area contributed by atoms with Crippen molar-refractivity contribution in [2.24, 2.45) is 0 Å². The van der Waals surface area contributed by atoms with Gasteiger partial charge in [0.15, 0.2) is 0 Å². The molecule has 0 fully saturated rings. The molecular weight excluding hydrogens is 243 g/mol. The van der Waals surface area contributed by atoms with Crippen LogP contribution in [-0.2, 0) is 0 Å². The largest absolute Gasteiger partial charge is 0.283 e. The molecule has 17 heavy (non-hydrogen) atoms. The normalized spacial score (nSPS) is 9.94. The Morgan fingerprint density at radius 3 is 2.76 bits per heavy atom. The summed E-state index contributed by atoms with van der Waals surface area (Å²) in [5.41, 5.74) is -0.368. The van der Waals surface area contributed by atoms with Crippen molar-refractivity contribution < 1.29 is 4.39 Å². The quantitative estimate of drug-likeness (QED) is 0.778. The third-order valence-electron chi connectivity index (χ3n) is 2.24. The number of nitrogens with zero attached hydrogens (tertiary/aromatic N) is 2. The molecule has 2 aromatic rings. The summed E-state index contributed by atoms with van der Waals surface area (Å²) >= 11 is 5.71. The second kappa shape index (κ2) is 4.40. The Balaban J connectivity index is 2.71. The van der Waals surface area contributed by atoms with Gasteiger partial charge in [-0.1, -0.05) is 17.7 Å². The van der Waals surface area contributed by atoms with Crippen LogP contribution in [0.5, 0.6) is 0 Å². The highest BCUT2D eigenvalue weighted by molar-refractivity contribution is 6.31. The van der Waals surface area contributed by atoms with E-state index in [1.165, 1.54) is 35.0 Å². The highest BCUT2D eigenvalue weighted by atomic mass is 35.5. The Morgan fingerprint density at radius 2 is 2.12 bits per heavy atom. The first-order chi connectivity index (χ1) is 8.13. The number of nitriles is 1. The van der Waals surface area contributed by atoms with E-state index in [1.54, 1.807) is 12.1 Å². The molecule has 0 atom stereocenters. The van der Waals surface area contributed by atoms with Crippen molar-refractivity contribution in [3.63, 3.8) is 0 Å². The van der Waals surface area contributed by atoms with Crippen LogP contribution in [0.3, 0.4) is 0 Å². The minimum absolute atomic E-state index is 0.0881. The van der Waals surface area contributed by atoms with E-state index >= 15 is 0 Å². The molecule has 0 N–H and O–H groups in total. The van der Waals surface area contributed by atoms with Crippen LogP contribution < -0.4 is 5.56 Å². The molecule has 0 unspecified atom stereocenters. The molecule has 3 nitrogen and oxygen atoms in total. The lowest BCUT2D eigenvalue weighted by Gasteiger charge is -2.06. The maximum Gasteiger partial charge on any atom is 0.274 e. The monoisotopic (exact) mass is 248 g/mol. The predicted octanol–water partition coefficient (Wildman–Crippen LogP) is 2.50. The van der Waals surface area contributed by atoms with Gasteiger partial charge in [0.05, 0.1) is 10.7 Å². The van der Waals surface area contributed by atoms with Crippen molar-refractivity contribution in [1.82, 2.24) is 4.57 Å². The Bertz CT molecular complexity index is 673. The Kier molecular flexibility index (Phi) is 2.94. The molecule has 5 heteroatoms. The maximum absolute atomic E-state index is 13.0. The average molecular weight is 249 g/mol. The zero-order valence-electron chi connectivity index (χ0n) is 8.52. The van der Waals surface area contributed by atoms with Crippen LogP contribution in [0.15, 0.2) is 41.3 Å². The van der Waals surface area contributed by atoms with E-state index in [2.05, 4.69) is 0 Å². The number of halogens is 2. The number of hydrogen-bond acceptors (Lipinski definition) is 2. The van der Waals surface area contributed by atoms with Gasteiger partial charge in [-0.05, 0) is 24.3 Å². The van der Waals surface area contributed by atoms with E-state index in [-0.39, 0.29) is 10.6 Å². The summed E-state index contributed by atoms with van der Waals surface area (Å²) in [5, 5.41) is 8.89.